The molecule has 0 radical (unpaired) electrons. The second-order valence-corrected chi connectivity index (χ2v) is 4.11. The molecule has 0 spiro atoms. The van der Waals surface area contributed by atoms with Crippen molar-refractivity contribution in [3.63, 3.8) is 0 Å². The summed E-state index contributed by atoms with van der Waals surface area (Å²) in [6.45, 7) is 5.76. The van der Waals surface area contributed by atoms with Crippen molar-refractivity contribution >= 4 is 22.5 Å². The Hall–Kier alpha value is -1.66. The molecule has 0 bridgehead atoms. The number of nitrogens with zero attached hydrogens (tertiary/aromatic N) is 3. The third kappa shape index (κ3) is 1.43. The maximum atomic E-state index is 8.92. The van der Waals surface area contributed by atoms with Gasteiger partial charge in [0.2, 0.25) is 0 Å². The monoisotopic (exact) mass is 231 g/mol. The Labute approximate surface area is 98.7 Å². The topological polar surface area (TPSA) is 49.6 Å². The summed E-state index contributed by atoms with van der Waals surface area (Å²) < 4.78 is 0. The summed E-state index contributed by atoms with van der Waals surface area (Å²) in [4.78, 5) is 8.64. The Balaban J connectivity index is 3.04. The molecule has 0 fully saturated rings. The number of fused-ring (bicyclic) bond motifs is 1. The van der Waals surface area contributed by atoms with Crippen LogP contribution in [0.15, 0.2) is 6.20 Å². The molecule has 80 valence electrons. The molecule has 0 N–H and O–H groups in total. The number of hydrogen-bond donors (Lipinski definition) is 0. The van der Waals surface area contributed by atoms with Crippen molar-refractivity contribution in [2.24, 2.45) is 0 Å². The average Bonchev–Trinajstić information content (AvgIpc) is 2.26. The van der Waals surface area contributed by atoms with E-state index in [1.807, 2.05) is 26.8 Å². The molecule has 0 aliphatic rings. The number of hydrogen-bond acceptors (Lipinski definition) is 3. The third-order valence-electron chi connectivity index (χ3n) is 2.73. The standard InChI is InChI=1S/C12H10ClN3/c1-6-7(2)16-8(3)12-10(6)11(13)9(4-14)5-15-12/h5H,1-3H3. The molecule has 0 saturated carbocycles. The van der Waals surface area contributed by atoms with Crippen molar-refractivity contribution in [3.05, 3.63) is 33.7 Å². The van der Waals surface area contributed by atoms with Crippen LogP contribution in [0.3, 0.4) is 0 Å². The number of nitriles is 1. The minimum absolute atomic E-state index is 0.405. The van der Waals surface area contributed by atoms with Crippen molar-refractivity contribution < 1.29 is 0 Å². The molecule has 0 aliphatic carbocycles. The molecule has 4 heteroatoms. The summed E-state index contributed by atoms with van der Waals surface area (Å²) in [5.74, 6) is 0. The summed E-state index contributed by atoms with van der Waals surface area (Å²) in [6.07, 6.45) is 1.49. The maximum absolute atomic E-state index is 8.92. The van der Waals surface area contributed by atoms with E-state index in [0.717, 1.165) is 27.9 Å². The smallest absolute Gasteiger partial charge is 0.102 e. The lowest BCUT2D eigenvalue weighted by Crippen LogP contribution is -1.97. The number of halogens is 1. The van der Waals surface area contributed by atoms with Crippen molar-refractivity contribution in [2.45, 2.75) is 20.8 Å². The van der Waals surface area contributed by atoms with E-state index in [1.54, 1.807) is 0 Å². The molecule has 0 saturated heterocycles. The van der Waals surface area contributed by atoms with Crippen LogP contribution in [-0.2, 0) is 0 Å². The molecule has 3 nitrogen and oxygen atoms in total. The van der Waals surface area contributed by atoms with Crippen LogP contribution < -0.4 is 0 Å². The molecule has 16 heavy (non-hydrogen) atoms. The van der Waals surface area contributed by atoms with Crippen LogP contribution in [0.25, 0.3) is 10.9 Å². The second-order valence-electron chi connectivity index (χ2n) is 3.73. The highest BCUT2D eigenvalue weighted by atomic mass is 35.5. The van der Waals surface area contributed by atoms with Gasteiger partial charge in [0.25, 0.3) is 0 Å². The van der Waals surface area contributed by atoms with Gasteiger partial charge in [0, 0.05) is 17.3 Å². The highest BCUT2D eigenvalue weighted by molar-refractivity contribution is 6.36. The highest BCUT2D eigenvalue weighted by Gasteiger charge is 2.13. The van der Waals surface area contributed by atoms with E-state index in [2.05, 4.69) is 9.97 Å². The fourth-order valence-electron chi connectivity index (χ4n) is 1.75. The van der Waals surface area contributed by atoms with E-state index in [1.165, 1.54) is 6.20 Å². The molecule has 2 aromatic heterocycles. The van der Waals surface area contributed by atoms with Gasteiger partial charge in [-0.05, 0) is 26.3 Å². The van der Waals surface area contributed by atoms with Crippen LogP contribution in [0.4, 0.5) is 0 Å². The molecule has 2 heterocycles. The first-order valence-corrected chi connectivity index (χ1v) is 5.26. The lowest BCUT2D eigenvalue weighted by Gasteiger charge is -2.09. The Morgan fingerprint density at radius 2 is 1.94 bits per heavy atom. The van der Waals surface area contributed by atoms with Gasteiger partial charge in [-0.2, -0.15) is 5.26 Å². The van der Waals surface area contributed by atoms with Gasteiger partial charge in [0.15, 0.2) is 0 Å². The van der Waals surface area contributed by atoms with Gasteiger partial charge in [0.05, 0.1) is 21.8 Å². The lowest BCUT2D eigenvalue weighted by molar-refractivity contribution is 1.10. The summed E-state index contributed by atoms with van der Waals surface area (Å²) in [5, 5.41) is 10.2. The van der Waals surface area contributed by atoms with Gasteiger partial charge in [-0.25, -0.2) is 0 Å². The third-order valence-corrected chi connectivity index (χ3v) is 3.12. The van der Waals surface area contributed by atoms with Crippen molar-refractivity contribution in [3.8, 4) is 6.07 Å². The van der Waals surface area contributed by atoms with E-state index in [4.69, 9.17) is 16.9 Å². The van der Waals surface area contributed by atoms with Crippen LogP contribution in [0.1, 0.15) is 22.5 Å². The molecular weight excluding hydrogens is 222 g/mol. The Morgan fingerprint density at radius 3 is 2.56 bits per heavy atom. The molecule has 2 aromatic rings. The number of rotatable bonds is 0. The van der Waals surface area contributed by atoms with Gasteiger partial charge in [-0.15, -0.1) is 0 Å². The fraction of sp³-hybridized carbons (Fsp3) is 0.250. The number of aromatic nitrogens is 2. The normalized spacial score (nSPS) is 10.4. The highest BCUT2D eigenvalue weighted by Crippen LogP contribution is 2.30. The van der Waals surface area contributed by atoms with Crippen LogP contribution >= 0.6 is 11.6 Å². The van der Waals surface area contributed by atoms with E-state index < -0.39 is 0 Å². The first-order valence-electron chi connectivity index (χ1n) is 4.88. The average molecular weight is 232 g/mol. The first-order chi connectivity index (χ1) is 7.56. The minimum atomic E-state index is 0.405. The summed E-state index contributed by atoms with van der Waals surface area (Å²) in [7, 11) is 0. The van der Waals surface area contributed by atoms with Crippen molar-refractivity contribution in [1.82, 2.24) is 9.97 Å². The van der Waals surface area contributed by atoms with Gasteiger partial charge in [0.1, 0.15) is 6.07 Å². The van der Waals surface area contributed by atoms with Crippen LogP contribution in [0, 0.1) is 32.1 Å². The number of pyridine rings is 2. The van der Waals surface area contributed by atoms with Gasteiger partial charge in [-0.3, -0.25) is 9.97 Å². The fourth-order valence-corrected chi connectivity index (χ4v) is 2.07. The zero-order chi connectivity index (χ0) is 11.9. The van der Waals surface area contributed by atoms with Crippen molar-refractivity contribution in [2.75, 3.05) is 0 Å². The first kappa shape index (κ1) is 10.8. The van der Waals surface area contributed by atoms with Crippen molar-refractivity contribution in [1.29, 1.82) is 5.26 Å². The minimum Gasteiger partial charge on any atom is -0.256 e. The van der Waals surface area contributed by atoms with E-state index in [0.29, 0.717) is 10.6 Å². The zero-order valence-electron chi connectivity index (χ0n) is 9.30. The SMILES string of the molecule is Cc1nc(C)c2ncc(C#N)c(Cl)c2c1C. The largest absolute Gasteiger partial charge is 0.256 e. The Bertz CT molecular complexity index is 626. The van der Waals surface area contributed by atoms with E-state index in [-0.39, 0.29) is 0 Å². The van der Waals surface area contributed by atoms with Gasteiger partial charge in [-0.1, -0.05) is 11.6 Å². The molecule has 0 amide bonds. The maximum Gasteiger partial charge on any atom is 0.102 e. The molecule has 0 unspecified atom stereocenters. The second kappa shape index (κ2) is 3.73. The predicted molar refractivity (Wildman–Crippen MR) is 63.5 cm³/mol. The Kier molecular flexibility index (Phi) is 2.53. The number of aryl methyl sites for hydroxylation is 3. The van der Waals surface area contributed by atoms with Gasteiger partial charge < -0.3 is 0 Å². The summed E-state index contributed by atoms with van der Waals surface area (Å²) >= 11 is 6.20. The van der Waals surface area contributed by atoms with Gasteiger partial charge >= 0.3 is 0 Å². The molecule has 0 aromatic carbocycles. The van der Waals surface area contributed by atoms with E-state index in [9.17, 15) is 0 Å². The summed E-state index contributed by atoms with van der Waals surface area (Å²) in [5.41, 5.74) is 3.91. The van der Waals surface area contributed by atoms with Crippen LogP contribution in [-0.4, -0.2) is 9.97 Å². The quantitative estimate of drug-likeness (QED) is 0.700. The predicted octanol–water partition coefficient (Wildman–Crippen LogP) is 3.08. The molecule has 0 atom stereocenters. The van der Waals surface area contributed by atoms with Crippen LogP contribution in [0.2, 0.25) is 5.02 Å². The lowest BCUT2D eigenvalue weighted by atomic mass is 10.1. The molecule has 2 rings (SSSR count). The summed E-state index contributed by atoms with van der Waals surface area (Å²) in [6, 6.07) is 2.04. The van der Waals surface area contributed by atoms with E-state index >= 15 is 0 Å². The zero-order valence-corrected chi connectivity index (χ0v) is 10.1. The molecular formula is C12H10ClN3. The van der Waals surface area contributed by atoms with Crippen LogP contribution in [0.5, 0.6) is 0 Å². The molecule has 0 aliphatic heterocycles. The Morgan fingerprint density at radius 1 is 1.25 bits per heavy atom.